The molecule has 6 N–H and O–H groups in total. The van der Waals surface area contributed by atoms with Crippen LogP contribution in [0, 0.1) is 0 Å². The maximum absolute atomic E-state index is 11.5. The van der Waals surface area contributed by atoms with E-state index in [1.165, 1.54) is 0 Å². The fourth-order valence-corrected chi connectivity index (χ4v) is 1.20. The van der Waals surface area contributed by atoms with E-state index in [1.807, 2.05) is 6.92 Å². The van der Waals surface area contributed by atoms with Crippen LogP contribution in [0.3, 0.4) is 0 Å². The normalized spacial score (nSPS) is 11.6. The van der Waals surface area contributed by atoms with Gasteiger partial charge >= 0.3 is 6.03 Å². The van der Waals surface area contributed by atoms with Crippen LogP contribution in [0.2, 0.25) is 0 Å². The van der Waals surface area contributed by atoms with Gasteiger partial charge in [-0.3, -0.25) is 4.79 Å². The highest BCUT2D eigenvalue weighted by Gasteiger charge is 2.10. The van der Waals surface area contributed by atoms with Gasteiger partial charge in [-0.15, -0.1) is 0 Å². The zero-order chi connectivity index (χ0) is 12.8. The monoisotopic (exact) mass is 236 g/mol. The van der Waals surface area contributed by atoms with Gasteiger partial charge in [-0.2, -0.15) is 0 Å². The summed E-state index contributed by atoms with van der Waals surface area (Å²) in [6, 6.07) is 5.44. The van der Waals surface area contributed by atoms with Crippen molar-refractivity contribution in [1.82, 2.24) is 0 Å². The first kappa shape index (κ1) is 13.0. The average Bonchev–Trinajstić information content (AvgIpc) is 2.30. The molecule has 3 amide bonds. The van der Waals surface area contributed by atoms with Crippen molar-refractivity contribution in [3.8, 4) is 0 Å². The number of amides is 3. The summed E-state index contributed by atoms with van der Waals surface area (Å²) < 4.78 is 0. The zero-order valence-electron chi connectivity index (χ0n) is 9.57. The van der Waals surface area contributed by atoms with Gasteiger partial charge in [-0.05, 0) is 30.7 Å². The number of hydrogen-bond acceptors (Lipinski definition) is 3. The Labute approximate surface area is 99.4 Å². The highest BCUT2D eigenvalue weighted by Crippen LogP contribution is 2.13. The molecule has 0 aliphatic rings. The number of urea groups is 1. The lowest BCUT2D eigenvalue weighted by Gasteiger charge is -2.10. The Balaban J connectivity index is 2.62. The van der Waals surface area contributed by atoms with E-state index in [9.17, 15) is 9.59 Å². The molecular weight excluding hydrogens is 220 g/mol. The number of primary amides is 1. The summed E-state index contributed by atoms with van der Waals surface area (Å²) >= 11 is 0. The molecule has 0 aliphatic heterocycles. The van der Waals surface area contributed by atoms with Crippen LogP contribution >= 0.6 is 0 Å². The third-order valence-electron chi connectivity index (χ3n) is 2.20. The van der Waals surface area contributed by atoms with Crippen molar-refractivity contribution in [3.05, 3.63) is 24.3 Å². The van der Waals surface area contributed by atoms with Crippen LogP contribution in [0.25, 0.3) is 0 Å². The van der Waals surface area contributed by atoms with Crippen molar-refractivity contribution < 1.29 is 9.59 Å². The van der Waals surface area contributed by atoms with Crippen molar-refractivity contribution in [2.45, 2.75) is 19.4 Å². The van der Waals surface area contributed by atoms with E-state index < -0.39 is 12.1 Å². The molecule has 0 saturated carbocycles. The summed E-state index contributed by atoms with van der Waals surface area (Å²) in [5.41, 5.74) is 11.7. The van der Waals surface area contributed by atoms with Gasteiger partial charge in [0.2, 0.25) is 5.91 Å². The van der Waals surface area contributed by atoms with Gasteiger partial charge in [0, 0.05) is 11.4 Å². The fourth-order valence-electron chi connectivity index (χ4n) is 1.20. The molecule has 0 saturated heterocycles. The van der Waals surface area contributed by atoms with Gasteiger partial charge in [-0.1, -0.05) is 6.92 Å². The van der Waals surface area contributed by atoms with E-state index in [0.29, 0.717) is 17.8 Å². The van der Waals surface area contributed by atoms with Gasteiger partial charge in [-0.25, -0.2) is 4.79 Å². The standard InChI is InChI=1S/C11H16N4O2/c1-2-9(12)10(16)14-7-3-5-8(6-4-7)15-11(13)17/h3-6,9H,2,12H2,1H3,(H,14,16)(H3,13,15,17)/t9-/m1/s1. The predicted octanol–water partition coefficient (Wildman–Crippen LogP) is 0.853. The number of carbonyl (C=O) groups is 2. The van der Waals surface area contributed by atoms with Crippen LogP contribution in [0.15, 0.2) is 24.3 Å². The Morgan fingerprint density at radius 2 is 1.65 bits per heavy atom. The first-order chi connectivity index (χ1) is 8.02. The summed E-state index contributed by atoms with van der Waals surface area (Å²) in [4.78, 5) is 22.1. The van der Waals surface area contributed by atoms with Crippen LogP contribution in [-0.4, -0.2) is 18.0 Å². The Bertz CT molecular complexity index is 402. The molecule has 1 atom stereocenters. The molecule has 0 fully saturated rings. The van der Waals surface area contributed by atoms with E-state index in [0.717, 1.165) is 0 Å². The molecule has 0 unspecified atom stereocenters. The zero-order valence-corrected chi connectivity index (χ0v) is 9.57. The maximum atomic E-state index is 11.5. The lowest BCUT2D eigenvalue weighted by Crippen LogP contribution is -2.34. The number of anilines is 2. The molecule has 1 aromatic carbocycles. The summed E-state index contributed by atoms with van der Waals surface area (Å²) in [6.07, 6.45) is 0.577. The fraction of sp³-hybridized carbons (Fsp3) is 0.273. The van der Waals surface area contributed by atoms with E-state index in [1.54, 1.807) is 24.3 Å². The van der Waals surface area contributed by atoms with Crippen molar-refractivity contribution in [2.24, 2.45) is 11.5 Å². The minimum absolute atomic E-state index is 0.233. The highest BCUT2D eigenvalue weighted by atomic mass is 16.2. The van der Waals surface area contributed by atoms with E-state index in [-0.39, 0.29) is 5.91 Å². The molecule has 1 rings (SSSR count). The third-order valence-corrected chi connectivity index (χ3v) is 2.20. The lowest BCUT2D eigenvalue weighted by molar-refractivity contribution is -0.117. The second-order valence-electron chi connectivity index (χ2n) is 3.57. The van der Waals surface area contributed by atoms with Gasteiger partial charge in [0.15, 0.2) is 0 Å². The Morgan fingerprint density at radius 3 is 2.06 bits per heavy atom. The van der Waals surface area contributed by atoms with Crippen LogP contribution in [-0.2, 0) is 4.79 Å². The summed E-state index contributed by atoms with van der Waals surface area (Å²) in [5, 5.41) is 5.09. The molecule has 0 spiro atoms. The summed E-state index contributed by atoms with van der Waals surface area (Å²) in [7, 11) is 0. The molecule has 6 nitrogen and oxygen atoms in total. The summed E-state index contributed by atoms with van der Waals surface area (Å²) in [5.74, 6) is -0.233. The van der Waals surface area contributed by atoms with Crippen LogP contribution in [0.5, 0.6) is 0 Å². The topological polar surface area (TPSA) is 110 Å². The number of carbonyl (C=O) groups excluding carboxylic acids is 2. The first-order valence-corrected chi connectivity index (χ1v) is 5.26. The van der Waals surface area contributed by atoms with Gasteiger partial charge in [0.05, 0.1) is 6.04 Å². The van der Waals surface area contributed by atoms with Crippen molar-refractivity contribution >= 4 is 23.3 Å². The average molecular weight is 236 g/mol. The molecule has 0 heterocycles. The molecule has 0 aliphatic carbocycles. The number of nitrogens with two attached hydrogens (primary N) is 2. The highest BCUT2D eigenvalue weighted by molar-refractivity contribution is 5.95. The minimum Gasteiger partial charge on any atom is -0.351 e. The summed E-state index contributed by atoms with van der Waals surface area (Å²) in [6.45, 7) is 1.84. The van der Waals surface area contributed by atoms with Crippen molar-refractivity contribution in [2.75, 3.05) is 10.6 Å². The largest absolute Gasteiger partial charge is 0.351 e. The smallest absolute Gasteiger partial charge is 0.316 e. The molecule has 0 aromatic heterocycles. The Kier molecular flexibility index (Phi) is 4.47. The van der Waals surface area contributed by atoms with Crippen LogP contribution in [0.1, 0.15) is 13.3 Å². The van der Waals surface area contributed by atoms with Crippen LogP contribution < -0.4 is 22.1 Å². The van der Waals surface area contributed by atoms with Crippen LogP contribution in [0.4, 0.5) is 16.2 Å². The number of nitrogens with one attached hydrogen (secondary N) is 2. The molecule has 92 valence electrons. The number of rotatable bonds is 4. The number of benzene rings is 1. The molecule has 0 radical (unpaired) electrons. The quantitative estimate of drug-likeness (QED) is 0.622. The van der Waals surface area contributed by atoms with E-state index >= 15 is 0 Å². The van der Waals surface area contributed by atoms with E-state index in [4.69, 9.17) is 11.5 Å². The minimum atomic E-state index is -0.630. The van der Waals surface area contributed by atoms with Gasteiger partial charge < -0.3 is 22.1 Å². The third kappa shape index (κ3) is 4.12. The lowest BCUT2D eigenvalue weighted by atomic mass is 10.2. The second-order valence-corrected chi connectivity index (χ2v) is 3.57. The molecule has 17 heavy (non-hydrogen) atoms. The second kappa shape index (κ2) is 5.86. The molecule has 0 bridgehead atoms. The Hall–Kier alpha value is -2.08. The van der Waals surface area contributed by atoms with E-state index in [2.05, 4.69) is 10.6 Å². The van der Waals surface area contributed by atoms with Crippen molar-refractivity contribution in [1.29, 1.82) is 0 Å². The maximum Gasteiger partial charge on any atom is 0.316 e. The van der Waals surface area contributed by atoms with Crippen molar-refractivity contribution in [3.63, 3.8) is 0 Å². The van der Waals surface area contributed by atoms with Gasteiger partial charge in [0.25, 0.3) is 0 Å². The van der Waals surface area contributed by atoms with Gasteiger partial charge in [0.1, 0.15) is 0 Å². The number of hydrogen-bond donors (Lipinski definition) is 4. The Morgan fingerprint density at radius 1 is 1.18 bits per heavy atom. The molecule has 1 aromatic rings. The first-order valence-electron chi connectivity index (χ1n) is 5.26. The predicted molar refractivity (Wildman–Crippen MR) is 66.5 cm³/mol. The molecule has 6 heteroatoms. The SMILES string of the molecule is CC[C@@H](N)C(=O)Nc1ccc(NC(N)=O)cc1. The molecular formula is C11H16N4O2.